The Hall–Kier alpha value is -2.49. The van der Waals surface area contributed by atoms with E-state index in [1.165, 1.54) is 24.3 Å². The van der Waals surface area contributed by atoms with Gasteiger partial charge in [0.1, 0.15) is 17.4 Å². The smallest absolute Gasteiger partial charge is 0.131 e. The number of nitrogens with zero attached hydrogens (tertiary/aromatic N) is 1. The zero-order valence-electron chi connectivity index (χ0n) is 12.3. The van der Waals surface area contributed by atoms with Crippen molar-refractivity contribution in [1.29, 1.82) is 0 Å². The minimum atomic E-state index is -0.453. The largest absolute Gasteiger partial charge is 0.508 e. The van der Waals surface area contributed by atoms with Crippen LogP contribution in [-0.2, 0) is 0 Å². The van der Waals surface area contributed by atoms with Crippen molar-refractivity contribution in [3.63, 3.8) is 0 Å². The summed E-state index contributed by atoms with van der Waals surface area (Å²) in [6.07, 6.45) is 0. The Kier molecular flexibility index (Phi) is 3.53. The maximum Gasteiger partial charge on any atom is 0.131 e. The average molecular weight is 299 g/mol. The van der Waals surface area contributed by atoms with Crippen LogP contribution in [0.15, 0.2) is 42.5 Å². The zero-order chi connectivity index (χ0) is 15.9. The molecule has 3 rings (SSSR count). The fourth-order valence-corrected chi connectivity index (χ4v) is 2.58. The maximum absolute atomic E-state index is 14.2. The highest BCUT2D eigenvalue weighted by molar-refractivity contribution is 5.81. The Balaban J connectivity index is 2.13. The van der Waals surface area contributed by atoms with Gasteiger partial charge in [-0.25, -0.2) is 13.8 Å². The van der Waals surface area contributed by atoms with Crippen LogP contribution in [0.2, 0.25) is 0 Å². The molecular weight excluding hydrogens is 284 g/mol. The van der Waals surface area contributed by atoms with Gasteiger partial charge in [-0.15, -0.1) is 0 Å². The lowest BCUT2D eigenvalue weighted by atomic mass is 9.98. The lowest BCUT2D eigenvalue weighted by Gasteiger charge is -2.12. The fourth-order valence-electron chi connectivity index (χ4n) is 2.58. The molecule has 1 N–H and O–H groups in total. The summed E-state index contributed by atoms with van der Waals surface area (Å²) in [6.45, 7) is 3.64. The van der Waals surface area contributed by atoms with E-state index in [1.54, 1.807) is 18.2 Å². The first-order valence-corrected chi connectivity index (χ1v) is 7.05. The SMILES string of the molecule is CC(C)c1c(O)cc(-c2ccc3cc(F)ccc3n2)cc1F. The number of halogens is 2. The molecule has 0 fully saturated rings. The maximum atomic E-state index is 14.2. The van der Waals surface area contributed by atoms with Gasteiger partial charge in [0.25, 0.3) is 0 Å². The predicted octanol–water partition coefficient (Wildman–Crippen LogP) is 5.01. The van der Waals surface area contributed by atoms with Gasteiger partial charge in [0, 0.05) is 16.5 Å². The number of phenols is 1. The van der Waals surface area contributed by atoms with Crippen LogP contribution in [-0.4, -0.2) is 10.1 Å². The van der Waals surface area contributed by atoms with Gasteiger partial charge in [0.15, 0.2) is 0 Å². The first-order valence-electron chi connectivity index (χ1n) is 7.05. The van der Waals surface area contributed by atoms with Gasteiger partial charge in [-0.05, 0) is 42.3 Å². The van der Waals surface area contributed by atoms with Gasteiger partial charge in [0.05, 0.1) is 11.2 Å². The summed E-state index contributed by atoms with van der Waals surface area (Å²) in [7, 11) is 0. The Labute approximate surface area is 127 Å². The first-order chi connectivity index (χ1) is 10.5. The highest BCUT2D eigenvalue weighted by Crippen LogP contribution is 2.33. The van der Waals surface area contributed by atoms with E-state index in [4.69, 9.17) is 0 Å². The highest BCUT2D eigenvalue weighted by Gasteiger charge is 2.15. The summed E-state index contributed by atoms with van der Waals surface area (Å²) >= 11 is 0. The summed E-state index contributed by atoms with van der Waals surface area (Å²) < 4.78 is 27.4. The summed E-state index contributed by atoms with van der Waals surface area (Å²) in [5, 5.41) is 10.7. The van der Waals surface area contributed by atoms with Crippen molar-refractivity contribution < 1.29 is 13.9 Å². The lowest BCUT2D eigenvalue weighted by Crippen LogP contribution is -1.95. The highest BCUT2D eigenvalue weighted by atomic mass is 19.1. The van der Waals surface area contributed by atoms with E-state index in [-0.39, 0.29) is 17.5 Å². The molecule has 1 aromatic heterocycles. The van der Waals surface area contributed by atoms with Crippen LogP contribution in [0, 0.1) is 11.6 Å². The van der Waals surface area contributed by atoms with Gasteiger partial charge in [-0.3, -0.25) is 0 Å². The molecule has 0 saturated carbocycles. The number of hydrogen-bond donors (Lipinski definition) is 1. The number of benzene rings is 2. The van der Waals surface area contributed by atoms with Crippen molar-refractivity contribution in [3.05, 3.63) is 59.7 Å². The van der Waals surface area contributed by atoms with Crippen molar-refractivity contribution in [3.8, 4) is 17.0 Å². The van der Waals surface area contributed by atoms with Crippen molar-refractivity contribution in [2.45, 2.75) is 19.8 Å². The summed E-state index contributed by atoms with van der Waals surface area (Å²) in [6, 6.07) is 10.6. The molecule has 2 nitrogen and oxygen atoms in total. The molecule has 0 spiro atoms. The summed E-state index contributed by atoms with van der Waals surface area (Å²) in [5.74, 6) is -0.967. The predicted molar refractivity (Wildman–Crippen MR) is 82.8 cm³/mol. The van der Waals surface area contributed by atoms with Gasteiger partial charge in [-0.2, -0.15) is 0 Å². The molecule has 0 radical (unpaired) electrons. The number of pyridine rings is 1. The number of phenolic OH excluding ortho intramolecular Hbond substituents is 1. The number of fused-ring (bicyclic) bond motifs is 1. The second-order valence-electron chi connectivity index (χ2n) is 5.58. The van der Waals surface area contributed by atoms with Gasteiger partial charge >= 0.3 is 0 Å². The molecule has 0 aliphatic rings. The third-order valence-corrected chi connectivity index (χ3v) is 3.63. The third-order valence-electron chi connectivity index (χ3n) is 3.63. The first kappa shape index (κ1) is 14.4. The quantitative estimate of drug-likeness (QED) is 0.721. The van der Waals surface area contributed by atoms with Crippen LogP contribution in [0.25, 0.3) is 22.2 Å². The Bertz CT molecular complexity index is 836. The molecule has 22 heavy (non-hydrogen) atoms. The second kappa shape index (κ2) is 5.37. The number of hydrogen-bond acceptors (Lipinski definition) is 2. The number of aromatic nitrogens is 1. The molecule has 0 aliphatic carbocycles. The molecular formula is C18H15F2NO. The fraction of sp³-hybridized carbons (Fsp3) is 0.167. The van der Waals surface area contributed by atoms with Crippen molar-refractivity contribution in [2.24, 2.45) is 0 Å². The van der Waals surface area contributed by atoms with Gasteiger partial charge < -0.3 is 5.11 Å². The van der Waals surface area contributed by atoms with E-state index >= 15 is 0 Å². The van der Waals surface area contributed by atoms with Crippen LogP contribution in [0.4, 0.5) is 8.78 Å². The van der Waals surface area contributed by atoms with E-state index < -0.39 is 5.82 Å². The molecule has 2 aromatic carbocycles. The minimum Gasteiger partial charge on any atom is -0.508 e. The molecule has 0 saturated heterocycles. The molecule has 3 aromatic rings. The summed E-state index contributed by atoms with van der Waals surface area (Å²) in [5.41, 5.74) is 1.94. The van der Waals surface area contributed by atoms with E-state index in [1.807, 2.05) is 13.8 Å². The molecule has 112 valence electrons. The number of rotatable bonds is 2. The molecule has 0 atom stereocenters. The normalized spacial score (nSPS) is 11.3. The van der Waals surface area contributed by atoms with E-state index in [0.29, 0.717) is 27.7 Å². The molecule has 1 heterocycles. The van der Waals surface area contributed by atoms with Crippen LogP contribution < -0.4 is 0 Å². The Morgan fingerprint density at radius 3 is 2.45 bits per heavy atom. The van der Waals surface area contributed by atoms with Crippen molar-refractivity contribution in [1.82, 2.24) is 4.98 Å². The van der Waals surface area contributed by atoms with Crippen LogP contribution >= 0.6 is 0 Å². The van der Waals surface area contributed by atoms with E-state index in [0.717, 1.165) is 0 Å². The van der Waals surface area contributed by atoms with Gasteiger partial charge in [0.2, 0.25) is 0 Å². The standard InChI is InChI=1S/C18H15F2NO/c1-10(2)18-14(20)8-12(9-17(18)22)16-5-3-11-7-13(19)4-6-15(11)21-16/h3-10,22H,1-2H3. The molecule has 0 aliphatic heterocycles. The molecule has 4 heteroatoms. The number of aromatic hydroxyl groups is 1. The molecule has 0 bridgehead atoms. The minimum absolute atomic E-state index is 0.0778. The van der Waals surface area contributed by atoms with Crippen molar-refractivity contribution in [2.75, 3.05) is 0 Å². The Morgan fingerprint density at radius 1 is 1.00 bits per heavy atom. The molecule has 0 unspecified atom stereocenters. The van der Waals surface area contributed by atoms with Crippen molar-refractivity contribution >= 4 is 10.9 Å². The van der Waals surface area contributed by atoms with Crippen LogP contribution in [0.1, 0.15) is 25.3 Å². The topological polar surface area (TPSA) is 33.1 Å². The monoisotopic (exact) mass is 299 g/mol. The zero-order valence-corrected chi connectivity index (χ0v) is 12.3. The van der Waals surface area contributed by atoms with E-state index in [9.17, 15) is 13.9 Å². The average Bonchev–Trinajstić information content (AvgIpc) is 2.45. The van der Waals surface area contributed by atoms with Gasteiger partial charge in [-0.1, -0.05) is 19.9 Å². The lowest BCUT2D eigenvalue weighted by molar-refractivity contribution is 0.454. The second-order valence-corrected chi connectivity index (χ2v) is 5.58. The third kappa shape index (κ3) is 2.52. The summed E-state index contributed by atoms with van der Waals surface area (Å²) in [4.78, 5) is 4.40. The van der Waals surface area contributed by atoms with Crippen LogP contribution in [0.5, 0.6) is 5.75 Å². The van der Waals surface area contributed by atoms with E-state index in [2.05, 4.69) is 4.98 Å². The Morgan fingerprint density at radius 2 is 1.77 bits per heavy atom. The molecule has 0 amide bonds. The van der Waals surface area contributed by atoms with Crippen LogP contribution in [0.3, 0.4) is 0 Å².